The van der Waals surface area contributed by atoms with E-state index in [-0.39, 0.29) is 4.75 Å². The molecule has 1 N–H and O–H groups in total. The van der Waals surface area contributed by atoms with E-state index in [1.165, 1.54) is 0 Å². The summed E-state index contributed by atoms with van der Waals surface area (Å²) in [6.07, 6.45) is 1.14. The number of benzene rings is 1. The van der Waals surface area contributed by atoms with E-state index in [0.717, 1.165) is 11.7 Å². The molecule has 1 rings (SSSR count). The lowest BCUT2D eigenvalue weighted by molar-refractivity contribution is 0.0526. The molecule has 0 saturated heterocycles. The highest BCUT2D eigenvalue weighted by Crippen LogP contribution is 2.30. The summed E-state index contributed by atoms with van der Waals surface area (Å²) < 4.78 is 10.5. The van der Waals surface area contributed by atoms with E-state index in [1.54, 1.807) is 32.6 Å². The van der Waals surface area contributed by atoms with Crippen LogP contribution in [0.5, 0.6) is 0 Å². The van der Waals surface area contributed by atoms with E-state index in [4.69, 9.17) is 14.8 Å². The van der Waals surface area contributed by atoms with Crippen LogP contribution in [-0.2, 0) is 9.39 Å². The van der Waals surface area contributed by atoms with Gasteiger partial charge in [-0.05, 0) is 40.7 Å². The Bertz CT molecular complexity index is 553. The van der Waals surface area contributed by atoms with Crippen LogP contribution in [0.3, 0.4) is 0 Å². The number of thiol groups is 1. The number of carbonyl (C=O) groups is 1. The molecule has 0 atom stereocenters. The van der Waals surface area contributed by atoms with Gasteiger partial charge in [0.15, 0.2) is 0 Å². The van der Waals surface area contributed by atoms with Gasteiger partial charge in [-0.25, -0.2) is 4.79 Å². The van der Waals surface area contributed by atoms with Gasteiger partial charge in [0, 0.05) is 16.5 Å². The molecule has 119 valence electrons. The van der Waals surface area contributed by atoms with Crippen molar-refractivity contribution in [2.24, 2.45) is 0 Å². The first-order valence-corrected chi connectivity index (χ1v) is 7.62. The van der Waals surface area contributed by atoms with E-state index >= 15 is 0 Å². The second kappa shape index (κ2) is 7.33. The van der Waals surface area contributed by atoms with Gasteiger partial charge in [0.1, 0.15) is 0 Å². The summed E-state index contributed by atoms with van der Waals surface area (Å²) in [6, 6.07) is 5.13. The van der Waals surface area contributed by atoms with Crippen LogP contribution in [0.15, 0.2) is 18.2 Å². The van der Waals surface area contributed by atoms with Crippen molar-refractivity contribution in [2.75, 3.05) is 6.61 Å². The highest BCUT2D eigenvalue weighted by Gasteiger charge is 2.34. The number of hydrogen-bond acceptors (Lipinski definition) is 5. The van der Waals surface area contributed by atoms with Crippen molar-refractivity contribution in [1.29, 1.82) is 5.41 Å². The molecule has 0 spiro atoms. The Morgan fingerprint density at radius 3 is 2.50 bits per heavy atom. The minimum Gasteiger partial charge on any atom is -0.462 e. The predicted octanol–water partition coefficient (Wildman–Crippen LogP) is 2.61. The number of esters is 1. The SMILES string of the molecule is CCOC(=O)c1ccc([B]OC(C)(C)C(C)(C)S)cc1C=N. The predicted molar refractivity (Wildman–Crippen MR) is 93.9 cm³/mol. The van der Waals surface area contributed by atoms with Crippen molar-refractivity contribution >= 4 is 37.8 Å². The molecule has 1 aromatic carbocycles. The third-order valence-corrected chi connectivity index (χ3v) is 4.23. The van der Waals surface area contributed by atoms with Gasteiger partial charge in [-0.3, -0.25) is 0 Å². The summed E-state index contributed by atoms with van der Waals surface area (Å²) >= 11 is 4.54. The maximum absolute atomic E-state index is 11.8. The Kier molecular flexibility index (Phi) is 6.26. The highest BCUT2D eigenvalue weighted by molar-refractivity contribution is 7.81. The topological polar surface area (TPSA) is 59.4 Å². The maximum Gasteiger partial charge on any atom is 0.338 e. The molecule has 0 aromatic heterocycles. The summed E-state index contributed by atoms with van der Waals surface area (Å²) in [7, 11) is 1.62. The lowest BCUT2D eigenvalue weighted by Gasteiger charge is -2.38. The fraction of sp³-hybridized carbons (Fsp3) is 0.500. The lowest BCUT2D eigenvalue weighted by Crippen LogP contribution is -2.45. The van der Waals surface area contributed by atoms with Crippen LogP contribution >= 0.6 is 12.6 Å². The molecule has 0 fully saturated rings. The van der Waals surface area contributed by atoms with E-state index in [2.05, 4.69) is 12.6 Å². The highest BCUT2D eigenvalue weighted by atomic mass is 32.1. The molecule has 4 nitrogen and oxygen atoms in total. The quantitative estimate of drug-likeness (QED) is 0.351. The third kappa shape index (κ3) is 4.61. The van der Waals surface area contributed by atoms with Gasteiger partial charge in [-0.2, -0.15) is 12.6 Å². The van der Waals surface area contributed by atoms with Crippen molar-refractivity contribution in [3.05, 3.63) is 29.3 Å². The van der Waals surface area contributed by atoms with Crippen LogP contribution in [0.25, 0.3) is 0 Å². The average molecular weight is 320 g/mol. The normalized spacial score (nSPS) is 11.9. The molecule has 22 heavy (non-hydrogen) atoms. The Balaban J connectivity index is 2.91. The van der Waals surface area contributed by atoms with Crippen molar-refractivity contribution in [3.63, 3.8) is 0 Å². The Morgan fingerprint density at radius 2 is 2.00 bits per heavy atom. The monoisotopic (exact) mass is 320 g/mol. The number of carbonyl (C=O) groups excluding carboxylic acids is 1. The van der Waals surface area contributed by atoms with E-state index in [0.29, 0.717) is 17.7 Å². The first-order chi connectivity index (χ1) is 10.1. The largest absolute Gasteiger partial charge is 0.462 e. The van der Waals surface area contributed by atoms with Crippen LogP contribution in [0.4, 0.5) is 0 Å². The van der Waals surface area contributed by atoms with Gasteiger partial charge >= 0.3 is 13.5 Å². The summed E-state index contributed by atoms with van der Waals surface area (Å²) in [4.78, 5) is 11.8. The summed E-state index contributed by atoms with van der Waals surface area (Å²) in [5.41, 5.74) is 1.18. The molecule has 0 amide bonds. The molecule has 1 aromatic rings. The zero-order chi connectivity index (χ0) is 17.0. The molecular weight excluding hydrogens is 297 g/mol. The van der Waals surface area contributed by atoms with Crippen molar-refractivity contribution in [1.82, 2.24) is 0 Å². The standard InChI is InChI=1S/C16H23BNO3S/c1-6-20-14(19)13-8-7-12(9-11(13)10-18)17-21-15(2,3)16(4,5)22/h7-10,18,22H,6H2,1-5H3. The molecular formula is C16H23BNO3S. The molecule has 0 aliphatic carbocycles. The number of nitrogens with one attached hydrogen (secondary N) is 1. The number of hydrogen-bond donors (Lipinski definition) is 2. The molecule has 0 unspecified atom stereocenters. The Hall–Kier alpha value is -1.27. The zero-order valence-corrected chi connectivity index (χ0v) is 14.7. The van der Waals surface area contributed by atoms with Gasteiger partial charge < -0.3 is 14.8 Å². The molecule has 6 heteroatoms. The minimum absolute atomic E-state index is 0.304. The average Bonchev–Trinajstić information content (AvgIpc) is 2.43. The first kappa shape index (κ1) is 18.8. The maximum atomic E-state index is 11.8. The van der Waals surface area contributed by atoms with Crippen LogP contribution in [0.1, 0.15) is 50.5 Å². The van der Waals surface area contributed by atoms with Crippen molar-refractivity contribution in [2.45, 2.75) is 45.0 Å². The molecule has 0 bridgehead atoms. The second-order valence-electron chi connectivity index (χ2n) is 6.02. The number of rotatable bonds is 7. The van der Waals surface area contributed by atoms with E-state index in [9.17, 15) is 4.79 Å². The molecule has 0 heterocycles. The van der Waals surface area contributed by atoms with Crippen molar-refractivity contribution in [3.8, 4) is 0 Å². The van der Waals surface area contributed by atoms with Crippen LogP contribution < -0.4 is 5.46 Å². The summed E-state index contributed by atoms with van der Waals surface area (Å²) in [6.45, 7) is 9.94. The molecule has 1 radical (unpaired) electrons. The van der Waals surface area contributed by atoms with Crippen LogP contribution in [0.2, 0.25) is 0 Å². The van der Waals surface area contributed by atoms with Crippen LogP contribution in [-0.4, -0.2) is 36.6 Å². The summed E-state index contributed by atoms with van der Waals surface area (Å²) in [5, 5.41) is 7.46. The fourth-order valence-corrected chi connectivity index (χ4v) is 1.58. The molecule has 0 aliphatic rings. The summed E-state index contributed by atoms with van der Waals surface area (Å²) in [5.74, 6) is -0.426. The zero-order valence-electron chi connectivity index (χ0n) is 13.8. The lowest BCUT2D eigenvalue weighted by atomic mass is 9.82. The van der Waals surface area contributed by atoms with Gasteiger partial charge in [-0.15, -0.1) is 0 Å². The second-order valence-corrected chi connectivity index (χ2v) is 7.13. The Morgan fingerprint density at radius 1 is 1.36 bits per heavy atom. The molecule has 0 aliphatic heterocycles. The first-order valence-electron chi connectivity index (χ1n) is 7.17. The third-order valence-electron chi connectivity index (χ3n) is 3.69. The van der Waals surface area contributed by atoms with Gasteiger partial charge in [0.05, 0.1) is 17.8 Å². The van der Waals surface area contributed by atoms with Crippen LogP contribution in [0, 0.1) is 5.41 Å². The van der Waals surface area contributed by atoms with Crippen molar-refractivity contribution < 1.29 is 14.2 Å². The molecule has 0 saturated carbocycles. The smallest absolute Gasteiger partial charge is 0.338 e. The minimum atomic E-state index is -0.471. The fourth-order valence-electron chi connectivity index (χ4n) is 1.53. The van der Waals surface area contributed by atoms with Gasteiger partial charge in [0.25, 0.3) is 0 Å². The van der Waals surface area contributed by atoms with E-state index in [1.807, 2.05) is 27.7 Å². The Labute approximate surface area is 138 Å². The van der Waals surface area contributed by atoms with Gasteiger partial charge in [0.2, 0.25) is 0 Å². The van der Waals surface area contributed by atoms with E-state index < -0.39 is 11.6 Å². The van der Waals surface area contributed by atoms with Gasteiger partial charge in [-0.1, -0.05) is 17.6 Å². The number of ether oxygens (including phenoxy) is 1.